The molecule has 3 aromatic rings. The summed E-state index contributed by atoms with van der Waals surface area (Å²) in [5, 5.41) is 7.96. The van der Waals surface area contributed by atoms with Gasteiger partial charge in [-0.1, -0.05) is 13.0 Å². The summed E-state index contributed by atoms with van der Waals surface area (Å²) in [7, 11) is 0. The molecule has 1 aliphatic rings. The van der Waals surface area contributed by atoms with Crippen molar-refractivity contribution < 1.29 is 15.0 Å². The van der Waals surface area contributed by atoms with Gasteiger partial charge in [0.2, 0.25) is 0 Å². The Balaban J connectivity index is 1.72. The van der Waals surface area contributed by atoms with Crippen molar-refractivity contribution in [2.45, 2.75) is 32.8 Å². The van der Waals surface area contributed by atoms with E-state index in [0.29, 0.717) is 11.3 Å². The molecular weight excluding hydrogens is 365 g/mol. The summed E-state index contributed by atoms with van der Waals surface area (Å²) in [5.74, 6) is -0.315. The van der Waals surface area contributed by atoms with Crippen molar-refractivity contribution >= 4 is 23.0 Å². The number of hydrogen-bond donors (Lipinski definition) is 3. The molecule has 7 nitrogen and oxygen atoms in total. The van der Waals surface area contributed by atoms with Gasteiger partial charge in [0, 0.05) is 6.54 Å². The number of halogens is 1. The second-order valence-electron chi connectivity index (χ2n) is 6.54. The minimum atomic E-state index is -1.50. The Kier molecular flexibility index (Phi) is 3.96. The fourth-order valence-corrected chi connectivity index (χ4v) is 3.24. The number of carbonyl (C=O) groups is 1. The minimum absolute atomic E-state index is 0.0956. The lowest BCUT2D eigenvalue weighted by atomic mass is 10.1. The second kappa shape index (κ2) is 6.63. The number of amides is 1. The number of anilines is 3. The van der Waals surface area contributed by atoms with Crippen LogP contribution in [0.1, 0.15) is 48.2 Å². The number of aryl methyl sites for hydroxylation is 1. The number of rotatable bonds is 6. The fourth-order valence-electron chi connectivity index (χ4n) is 3.24. The summed E-state index contributed by atoms with van der Waals surface area (Å²) in [6.07, 6.45) is 0.232. The predicted molar refractivity (Wildman–Crippen MR) is 102 cm³/mol. The van der Waals surface area contributed by atoms with Gasteiger partial charge < -0.3 is 20.4 Å². The van der Waals surface area contributed by atoms with E-state index in [2.05, 4.69) is 16.0 Å². The van der Waals surface area contributed by atoms with Crippen molar-refractivity contribution in [1.82, 2.24) is 5.32 Å². The van der Waals surface area contributed by atoms with Crippen LogP contribution in [0.4, 0.5) is 21.5 Å². The van der Waals surface area contributed by atoms with Gasteiger partial charge in [-0.3, -0.25) is 14.4 Å². The summed E-state index contributed by atoms with van der Waals surface area (Å²) in [6.45, 7) is 3.71. The molecule has 0 bridgehead atoms. The van der Waals surface area contributed by atoms with Crippen molar-refractivity contribution in [3.63, 3.8) is 0 Å². The Bertz CT molecular complexity index is 1210. The van der Waals surface area contributed by atoms with Crippen LogP contribution in [0.25, 0.3) is 0 Å². The average Bonchev–Trinajstić information content (AvgIpc) is 3.32. The SMILES string of the molecule is [2H][C@](CC)(Nc1c(Nc2c(F)ccc3c2C(=O)NC3)c(=O)c1=O)c1ccc(C)o1. The lowest BCUT2D eigenvalue weighted by Crippen LogP contribution is -2.37. The number of fused-ring (bicyclic) bond motifs is 1. The first kappa shape index (κ1) is 16.7. The van der Waals surface area contributed by atoms with Crippen LogP contribution in [0.2, 0.25) is 0 Å². The first-order chi connectivity index (χ1) is 13.7. The van der Waals surface area contributed by atoms with E-state index in [1.807, 2.05) is 0 Å². The monoisotopic (exact) mass is 384 g/mol. The third-order valence-corrected chi connectivity index (χ3v) is 4.73. The predicted octanol–water partition coefficient (Wildman–Crippen LogP) is 2.87. The Labute approximate surface area is 160 Å². The molecule has 2 heterocycles. The molecule has 3 N–H and O–H groups in total. The number of nitrogens with one attached hydrogen (secondary N) is 3. The van der Waals surface area contributed by atoms with Crippen molar-refractivity contribution in [1.29, 1.82) is 0 Å². The van der Waals surface area contributed by atoms with E-state index < -0.39 is 28.6 Å². The molecule has 2 aromatic carbocycles. The Morgan fingerprint density at radius 3 is 2.61 bits per heavy atom. The zero-order chi connectivity index (χ0) is 20.9. The zero-order valence-electron chi connectivity index (χ0n) is 16.2. The number of benzene rings is 1. The zero-order valence-corrected chi connectivity index (χ0v) is 15.2. The van der Waals surface area contributed by atoms with Crippen molar-refractivity contribution in [2.75, 3.05) is 10.6 Å². The molecule has 0 radical (unpaired) electrons. The molecule has 0 aliphatic carbocycles. The number of hydrogen-bond acceptors (Lipinski definition) is 6. The van der Waals surface area contributed by atoms with E-state index in [9.17, 15) is 18.8 Å². The molecule has 0 spiro atoms. The maximum atomic E-state index is 14.4. The highest BCUT2D eigenvalue weighted by atomic mass is 19.1. The highest BCUT2D eigenvalue weighted by Gasteiger charge is 2.29. The third-order valence-electron chi connectivity index (χ3n) is 4.73. The molecule has 28 heavy (non-hydrogen) atoms. The standard InChI is InChI=1S/C20H18FN3O4/c1-3-12(13-7-4-9(2)28-13)23-16-17(19(26)18(16)25)24-15-11(21)6-5-10-8-22-20(27)14(10)15/h4-7,12,23-24H,3,8H2,1-2H3,(H,22,27)/t12-/m1/s1/i12D. The quantitative estimate of drug-likeness (QED) is 0.565. The van der Waals surface area contributed by atoms with Crippen LogP contribution in [0, 0.1) is 12.7 Å². The van der Waals surface area contributed by atoms with Gasteiger partial charge in [-0.2, -0.15) is 0 Å². The van der Waals surface area contributed by atoms with E-state index in [1.54, 1.807) is 26.0 Å². The van der Waals surface area contributed by atoms with Gasteiger partial charge in [-0.25, -0.2) is 4.39 Å². The van der Waals surface area contributed by atoms with Gasteiger partial charge in [0.1, 0.15) is 28.7 Å². The Hall–Kier alpha value is -3.42. The third kappa shape index (κ3) is 2.77. The van der Waals surface area contributed by atoms with E-state index in [4.69, 9.17) is 5.79 Å². The van der Waals surface area contributed by atoms with Crippen LogP contribution in [0.3, 0.4) is 0 Å². The lowest BCUT2D eigenvalue weighted by molar-refractivity contribution is 0.0966. The maximum absolute atomic E-state index is 14.4. The first-order valence-corrected chi connectivity index (χ1v) is 8.80. The molecule has 1 aromatic heterocycles. The van der Waals surface area contributed by atoms with Gasteiger partial charge in [0.15, 0.2) is 0 Å². The molecule has 0 unspecified atom stereocenters. The van der Waals surface area contributed by atoms with Crippen LogP contribution < -0.4 is 26.8 Å². The van der Waals surface area contributed by atoms with Crippen molar-refractivity contribution in [3.8, 4) is 0 Å². The Morgan fingerprint density at radius 1 is 1.18 bits per heavy atom. The molecular formula is C20H18FN3O4. The van der Waals surface area contributed by atoms with Crippen LogP contribution >= 0.6 is 0 Å². The topological polar surface area (TPSA) is 100 Å². The average molecular weight is 384 g/mol. The molecule has 1 aliphatic heterocycles. The van der Waals surface area contributed by atoms with Crippen molar-refractivity contribution in [2.24, 2.45) is 0 Å². The molecule has 4 rings (SSSR count). The molecule has 8 heteroatoms. The normalized spacial score (nSPS) is 15.7. The van der Waals surface area contributed by atoms with E-state index in [1.165, 1.54) is 12.1 Å². The second-order valence-corrected chi connectivity index (χ2v) is 6.54. The molecule has 1 amide bonds. The lowest BCUT2D eigenvalue weighted by Gasteiger charge is -2.21. The minimum Gasteiger partial charge on any atom is -0.464 e. The van der Waals surface area contributed by atoms with Gasteiger partial charge in [0.25, 0.3) is 16.8 Å². The first-order valence-electron chi connectivity index (χ1n) is 9.30. The fraction of sp³-hybridized carbons (Fsp3) is 0.250. The molecule has 144 valence electrons. The smallest absolute Gasteiger partial charge is 0.254 e. The van der Waals surface area contributed by atoms with E-state index in [-0.39, 0.29) is 41.4 Å². The summed E-state index contributed by atoms with van der Waals surface area (Å²) in [6, 6.07) is 4.48. The van der Waals surface area contributed by atoms with Crippen LogP contribution in [-0.2, 0) is 6.54 Å². The number of carbonyl (C=O) groups excluding carboxylic acids is 1. The molecule has 0 saturated heterocycles. The van der Waals surface area contributed by atoms with Gasteiger partial charge in [-0.05, 0) is 37.1 Å². The molecule has 0 saturated carbocycles. The van der Waals surface area contributed by atoms with Gasteiger partial charge in [0.05, 0.1) is 18.6 Å². The Morgan fingerprint density at radius 2 is 1.93 bits per heavy atom. The largest absolute Gasteiger partial charge is 0.464 e. The number of furan rings is 1. The van der Waals surface area contributed by atoms with Crippen LogP contribution in [0.5, 0.6) is 0 Å². The summed E-state index contributed by atoms with van der Waals surface area (Å²) in [4.78, 5) is 36.4. The van der Waals surface area contributed by atoms with Crippen LogP contribution in [-0.4, -0.2) is 5.91 Å². The van der Waals surface area contributed by atoms with Gasteiger partial charge >= 0.3 is 0 Å². The maximum Gasteiger partial charge on any atom is 0.254 e. The summed E-state index contributed by atoms with van der Waals surface area (Å²) in [5.41, 5.74) is -1.49. The molecule has 0 fully saturated rings. The van der Waals surface area contributed by atoms with Gasteiger partial charge in [-0.15, -0.1) is 0 Å². The van der Waals surface area contributed by atoms with E-state index in [0.717, 1.165) is 0 Å². The van der Waals surface area contributed by atoms with Crippen molar-refractivity contribution in [3.05, 3.63) is 73.2 Å². The van der Waals surface area contributed by atoms with Crippen LogP contribution in [0.15, 0.2) is 38.3 Å². The summed E-state index contributed by atoms with van der Waals surface area (Å²) >= 11 is 0. The summed E-state index contributed by atoms with van der Waals surface area (Å²) < 4.78 is 28.6. The highest BCUT2D eigenvalue weighted by molar-refractivity contribution is 6.04. The highest BCUT2D eigenvalue weighted by Crippen LogP contribution is 2.33. The van der Waals surface area contributed by atoms with E-state index >= 15 is 0 Å². The molecule has 1 atom stereocenters.